The van der Waals surface area contributed by atoms with Crippen molar-refractivity contribution in [1.82, 2.24) is 14.8 Å². The average molecular weight is 553 g/mol. The van der Waals surface area contributed by atoms with Gasteiger partial charge in [0.25, 0.3) is 0 Å². The van der Waals surface area contributed by atoms with Crippen LogP contribution in [0, 0.1) is 0 Å². The first kappa shape index (κ1) is 26.6. The van der Waals surface area contributed by atoms with Gasteiger partial charge in [-0.1, -0.05) is 66.7 Å². The highest BCUT2D eigenvalue weighted by molar-refractivity contribution is 6.33. The normalized spacial score (nSPS) is 22.6. The van der Waals surface area contributed by atoms with E-state index >= 15 is 0 Å². The molecular formula is C32H32N4O5. The van der Waals surface area contributed by atoms with E-state index in [1.807, 2.05) is 54.6 Å². The molecule has 4 atom stereocenters. The maximum Gasteiger partial charge on any atom is 0.397 e. The summed E-state index contributed by atoms with van der Waals surface area (Å²) in [5.74, 6) is -2.35. The van der Waals surface area contributed by atoms with Gasteiger partial charge in [0.1, 0.15) is 18.3 Å². The maximum atomic E-state index is 13.8. The third-order valence-corrected chi connectivity index (χ3v) is 8.29. The van der Waals surface area contributed by atoms with Gasteiger partial charge in [-0.3, -0.25) is 14.5 Å². The molecule has 3 aromatic carbocycles. The zero-order valence-corrected chi connectivity index (χ0v) is 23.2. The molecule has 1 saturated heterocycles. The van der Waals surface area contributed by atoms with Crippen LogP contribution in [-0.4, -0.2) is 66.3 Å². The predicted octanol–water partition coefficient (Wildman–Crippen LogP) is 3.26. The molecule has 2 aliphatic rings. The monoisotopic (exact) mass is 552 g/mol. The number of likely N-dealkylation sites (N-methyl/N-ethyl adjacent to an activating group) is 1. The number of nitrogens with one attached hydrogen (secondary N) is 2. The molecule has 6 rings (SSSR count). The van der Waals surface area contributed by atoms with Gasteiger partial charge in [-0.05, 0) is 35.7 Å². The lowest BCUT2D eigenvalue weighted by molar-refractivity contribution is -0.162. The van der Waals surface area contributed by atoms with Crippen molar-refractivity contribution in [2.45, 2.75) is 37.2 Å². The number of aromatic nitrogens is 1. The van der Waals surface area contributed by atoms with Crippen molar-refractivity contribution in [3.05, 3.63) is 102 Å². The van der Waals surface area contributed by atoms with E-state index in [9.17, 15) is 14.4 Å². The number of likely N-dealkylation sites (tertiary alicyclic amines) is 1. The van der Waals surface area contributed by atoms with Gasteiger partial charge in [0, 0.05) is 43.5 Å². The molecule has 0 aliphatic carbocycles. The molecule has 1 aromatic heterocycles. The van der Waals surface area contributed by atoms with E-state index in [-0.39, 0.29) is 6.61 Å². The number of carbonyl (C=O) groups excluding carboxylic acids is 3. The number of para-hydroxylation sites is 2. The number of fused-ring (bicyclic) bond motifs is 4. The van der Waals surface area contributed by atoms with Gasteiger partial charge in [-0.15, -0.1) is 0 Å². The largest absolute Gasteiger partial charge is 0.459 e. The molecule has 1 fully saturated rings. The van der Waals surface area contributed by atoms with Crippen molar-refractivity contribution in [2.75, 3.05) is 26.1 Å². The van der Waals surface area contributed by atoms with E-state index in [2.05, 4.69) is 45.7 Å². The third-order valence-electron chi connectivity index (χ3n) is 8.29. The van der Waals surface area contributed by atoms with E-state index in [4.69, 9.17) is 9.47 Å². The van der Waals surface area contributed by atoms with Crippen molar-refractivity contribution in [1.29, 1.82) is 0 Å². The quantitative estimate of drug-likeness (QED) is 0.281. The van der Waals surface area contributed by atoms with Crippen molar-refractivity contribution < 1.29 is 23.9 Å². The summed E-state index contributed by atoms with van der Waals surface area (Å²) in [6, 6.07) is 24.9. The highest BCUT2D eigenvalue weighted by Gasteiger charge is 2.69. The Morgan fingerprint density at radius 1 is 0.951 bits per heavy atom. The second kappa shape index (κ2) is 10.4. The second-order valence-corrected chi connectivity index (χ2v) is 10.3. The highest BCUT2D eigenvalue weighted by Crippen LogP contribution is 2.57. The number of methoxy groups -OCH3 is 1. The Hall–Kier alpha value is -4.63. The van der Waals surface area contributed by atoms with Crippen LogP contribution in [-0.2, 0) is 35.8 Å². The number of anilines is 1. The number of benzene rings is 3. The zero-order chi connectivity index (χ0) is 28.7. The summed E-state index contributed by atoms with van der Waals surface area (Å²) >= 11 is 0. The van der Waals surface area contributed by atoms with Gasteiger partial charge in [-0.2, -0.15) is 0 Å². The molecule has 0 saturated carbocycles. The zero-order valence-electron chi connectivity index (χ0n) is 23.2. The first-order valence-corrected chi connectivity index (χ1v) is 13.7. The van der Waals surface area contributed by atoms with Crippen LogP contribution in [0.1, 0.15) is 23.6 Å². The fraction of sp³-hybridized carbons (Fsp3) is 0.281. The Labute approximate surface area is 238 Å². The number of nitrogens with zero attached hydrogens (tertiary/aromatic N) is 2. The van der Waals surface area contributed by atoms with Crippen LogP contribution < -0.4 is 10.6 Å². The summed E-state index contributed by atoms with van der Waals surface area (Å²) in [5.41, 5.74) is 3.68. The van der Waals surface area contributed by atoms with Crippen LogP contribution >= 0.6 is 0 Å². The molecule has 210 valence electrons. The van der Waals surface area contributed by atoms with Gasteiger partial charge < -0.3 is 24.7 Å². The molecule has 0 spiro atoms. The number of hydrogen-bond acceptors (Lipinski definition) is 6. The predicted molar refractivity (Wildman–Crippen MR) is 154 cm³/mol. The van der Waals surface area contributed by atoms with Crippen LogP contribution in [0.4, 0.5) is 5.69 Å². The van der Waals surface area contributed by atoms with Crippen molar-refractivity contribution in [3.63, 3.8) is 0 Å². The van der Waals surface area contributed by atoms with Gasteiger partial charge in [0.05, 0.1) is 12.0 Å². The highest BCUT2D eigenvalue weighted by atomic mass is 16.5. The smallest absolute Gasteiger partial charge is 0.397 e. The lowest BCUT2D eigenvalue weighted by atomic mass is 9.70. The molecule has 2 N–H and O–H groups in total. The summed E-state index contributed by atoms with van der Waals surface area (Å²) < 4.78 is 13.5. The topological polar surface area (TPSA) is 102 Å². The maximum absolute atomic E-state index is 13.8. The summed E-state index contributed by atoms with van der Waals surface area (Å²) in [5, 5.41) is 7.14. The lowest BCUT2D eigenvalue weighted by Gasteiger charge is -2.35. The number of esters is 1. The Balaban J connectivity index is 1.64. The second-order valence-electron chi connectivity index (χ2n) is 10.3. The van der Waals surface area contributed by atoms with Crippen molar-refractivity contribution in [3.8, 4) is 0 Å². The van der Waals surface area contributed by atoms with E-state index in [1.165, 1.54) is 11.9 Å². The molecule has 9 nitrogen and oxygen atoms in total. The van der Waals surface area contributed by atoms with Gasteiger partial charge in [-0.25, -0.2) is 4.79 Å². The van der Waals surface area contributed by atoms with Gasteiger partial charge in [0.15, 0.2) is 0 Å². The summed E-state index contributed by atoms with van der Waals surface area (Å²) in [6.07, 6.45) is 0.456. The Bertz CT molecular complexity index is 1630. The number of carbonyl (C=O) groups is 3. The minimum Gasteiger partial charge on any atom is -0.459 e. The number of ether oxygens (including phenoxy) is 2. The molecule has 2 aliphatic heterocycles. The third kappa shape index (κ3) is 3.91. The van der Waals surface area contributed by atoms with Gasteiger partial charge >= 0.3 is 11.9 Å². The number of hydrogen-bond donors (Lipinski definition) is 2. The summed E-state index contributed by atoms with van der Waals surface area (Å²) in [7, 11) is 3.05. The molecule has 4 aromatic rings. The van der Waals surface area contributed by atoms with E-state index < -0.39 is 41.5 Å². The first-order chi connectivity index (χ1) is 20.0. The number of amides is 2. The fourth-order valence-electron chi connectivity index (χ4n) is 6.73. The minimum atomic E-state index is -1.11. The average Bonchev–Trinajstić information content (AvgIpc) is 3.62. The van der Waals surface area contributed by atoms with Crippen LogP contribution in [0.2, 0.25) is 0 Å². The van der Waals surface area contributed by atoms with E-state index in [0.29, 0.717) is 6.54 Å². The number of rotatable bonds is 6. The SMILES string of the molecule is CCOC(=O)C(=O)N1[C@H](C(=O)NC)[C@@H](OC)[C@]2(c3cn(Cc4ccccc4)c4ccccc34)c3ccccc3N[C@H]12. The van der Waals surface area contributed by atoms with Gasteiger partial charge in [0.2, 0.25) is 5.91 Å². The molecule has 0 unspecified atom stereocenters. The van der Waals surface area contributed by atoms with Crippen LogP contribution in [0.15, 0.2) is 85.1 Å². The summed E-state index contributed by atoms with van der Waals surface area (Å²) in [6.45, 7) is 2.30. The summed E-state index contributed by atoms with van der Waals surface area (Å²) in [4.78, 5) is 41.5. The standard InChI is InChI=1S/C32H32N4O5/c1-4-41-30(39)29(38)36-26(28(37)33-2)27(40-3)32(22-15-9-10-16-24(22)34-31(32)36)23-19-35(18-20-12-6-5-7-13-20)25-17-11-8-14-21(23)25/h5-17,19,26-27,31,34H,4,18H2,1-3H3,(H,33,37)/t26-,27+,31+,32+/m0/s1. The van der Waals surface area contributed by atoms with E-state index in [1.54, 1.807) is 14.0 Å². The first-order valence-electron chi connectivity index (χ1n) is 13.7. The van der Waals surface area contributed by atoms with Crippen LogP contribution in [0.25, 0.3) is 10.9 Å². The molecule has 3 heterocycles. The lowest BCUT2D eigenvalue weighted by Crippen LogP contribution is -2.55. The Kier molecular flexibility index (Phi) is 6.75. The fourth-order valence-corrected chi connectivity index (χ4v) is 6.73. The van der Waals surface area contributed by atoms with Crippen LogP contribution in [0.5, 0.6) is 0 Å². The van der Waals surface area contributed by atoms with Crippen molar-refractivity contribution >= 4 is 34.4 Å². The molecule has 0 bridgehead atoms. The molecule has 0 radical (unpaired) electrons. The Morgan fingerprint density at radius 2 is 1.66 bits per heavy atom. The molecule has 9 heteroatoms. The molecular weight excluding hydrogens is 520 g/mol. The van der Waals surface area contributed by atoms with Crippen molar-refractivity contribution in [2.24, 2.45) is 0 Å². The Morgan fingerprint density at radius 3 is 2.39 bits per heavy atom. The van der Waals surface area contributed by atoms with E-state index in [0.717, 1.165) is 33.3 Å². The molecule has 2 amide bonds. The van der Waals surface area contributed by atoms with Crippen LogP contribution in [0.3, 0.4) is 0 Å². The minimum absolute atomic E-state index is 0.0349. The molecule has 41 heavy (non-hydrogen) atoms.